The van der Waals surface area contributed by atoms with Gasteiger partial charge in [-0.05, 0) is 56.0 Å². The summed E-state index contributed by atoms with van der Waals surface area (Å²) >= 11 is 0. The van der Waals surface area contributed by atoms with Crippen LogP contribution < -0.4 is 5.32 Å². The summed E-state index contributed by atoms with van der Waals surface area (Å²) in [6.07, 6.45) is 6.23. The van der Waals surface area contributed by atoms with Crippen molar-refractivity contribution in [2.45, 2.75) is 45.1 Å². The smallest absolute Gasteiger partial charge is 0.123 e. The van der Waals surface area contributed by atoms with E-state index < -0.39 is 0 Å². The SMILES string of the molecule is Cc1cc(F)ccc1CC1CCCCCN1. The lowest BCUT2D eigenvalue weighted by Crippen LogP contribution is -2.30. The van der Waals surface area contributed by atoms with Gasteiger partial charge in [-0.2, -0.15) is 0 Å². The first-order valence-electron chi connectivity index (χ1n) is 6.24. The molecule has 1 atom stereocenters. The molecule has 2 rings (SSSR count). The number of rotatable bonds is 2. The van der Waals surface area contributed by atoms with Crippen LogP contribution in [-0.2, 0) is 6.42 Å². The van der Waals surface area contributed by atoms with Crippen LogP contribution in [0.5, 0.6) is 0 Å². The second-order valence-electron chi connectivity index (χ2n) is 4.78. The van der Waals surface area contributed by atoms with Crippen LogP contribution in [0, 0.1) is 12.7 Å². The van der Waals surface area contributed by atoms with Crippen molar-refractivity contribution >= 4 is 0 Å². The van der Waals surface area contributed by atoms with E-state index in [0.29, 0.717) is 6.04 Å². The fourth-order valence-corrected chi connectivity index (χ4v) is 2.43. The maximum Gasteiger partial charge on any atom is 0.123 e. The van der Waals surface area contributed by atoms with Crippen LogP contribution in [0.3, 0.4) is 0 Å². The van der Waals surface area contributed by atoms with Gasteiger partial charge in [0.05, 0.1) is 0 Å². The lowest BCUT2D eigenvalue weighted by atomic mass is 9.98. The zero-order valence-electron chi connectivity index (χ0n) is 9.93. The van der Waals surface area contributed by atoms with E-state index in [9.17, 15) is 4.39 Å². The third-order valence-corrected chi connectivity index (χ3v) is 3.43. The normalized spacial score (nSPS) is 21.8. The van der Waals surface area contributed by atoms with Crippen LogP contribution in [0.4, 0.5) is 4.39 Å². The molecule has 1 heterocycles. The molecule has 0 bridgehead atoms. The maximum absolute atomic E-state index is 13.0. The predicted octanol–water partition coefficient (Wildman–Crippen LogP) is 3.21. The van der Waals surface area contributed by atoms with E-state index in [-0.39, 0.29) is 5.82 Å². The van der Waals surface area contributed by atoms with Crippen molar-refractivity contribution in [2.75, 3.05) is 6.54 Å². The quantitative estimate of drug-likeness (QED) is 0.808. The van der Waals surface area contributed by atoms with Gasteiger partial charge in [-0.3, -0.25) is 0 Å². The van der Waals surface area contributed by atoms with Gasteiger partial charge in [-0.25, -0.2) is 4.39 Å². The summed E-state index contributed by atoms with van der Waals surface area (Å²) in [5.41, 5.74) is 2.35. The van der Waals surface area contributed by atoms with Gasteiger partial charge >= 0.3 is 0 Å². The molecule has 1 fully saturated rings. The lowest BCUT2D eigenvalue weighted by Gasteiger charge is -2.17. The van der Waals surface area contributed by atoms with Gasteiger partial charge in [0, 0.05) is 6.04 Å². The molecular weight excluding hydrogens is 201 g/mol. The highest BCUT2D eigenvalue weighted by molar-refractivity contribution is 5.27. The van der Waals surface area contributed by atoms with Crippen molar-refractivity contribution in [1.82, 2.24) is 5.32 Å². The van der Waals surface area contributed by atoms with E-state index in [4.69, 9.17) is 0 Å². The first-order valence-corrected chi connectivity index (χ1v) is 6.24. The number of nitrogens with one attached hydrogen (secondary N) is 1. The minimum Gasteiger partial charge on any atom is -0.314 e. The second-order valence-corrected chi connectivity index (χ2v) is 4.78. The highest BCUT2D eigenvalue weighted by Crippen LogP contribution is 2.16. The number of hydrogen-bond donors (Lipinski definition) is 1. The molecule has 1 unspecified atom stereocenters. The van der Waals surface area contributed by atoms with Crippen LogP contribution in [0.25, 0.3) is 0 Å². The minimum absolute atomic E-state index is 0.130. The van der Waals surface area contributed by atoms with Crippen molar-refractivity contribution < 1.29 is 4.39 Å². The van der Waals surface area contributed by atoms with Crippen LogP contribution in [0.1, 0.15) is 36.8 Å². The predicted molar refractivity (Wildman–Crippen MR) is 65.1 cm³/mol. The Morgan fingerprint density at radius 3 is 3.00 bits per heavy atom. The molecule has 88 valence electrons. The third kappa shape index (κ3) is 3.05. The Morgan fingerprint density at radius 2 is 2.19 bits per heavy atom. The Balaban J connectivity index is 2.01. The van der Waals surface area contributed by atoms with Gasteiger partial charge in [0.15, 0.2) is 0 Å². The number of aryl methyl sites for hydroxylation is 1. The van der Waals surface area contributed by atoms with Crippen molar-refractivity contribution in [3.63, 3.8) is 0 Å². The molecule has 0 radical (unpaired) electrons. The molecule has 16 heavy (non-hydrogen) atoms. The largest absolute Gasteiger partial charge is 0.314 e. The second kappa shape index (κ2) is 5.44. The highest BCUT2D eigenvalue weighted by Gasteiger charge is 2.13. The number of halogens is 1. The number of hydrogen-bond acceptors (Lipinski definition) is 1. The third-order valence-electron chi connectivity index (χ3n) is 3.43. The van der Waals surface area contributed by atoms with Crippen LogP contribution >= 0.6 is 0 Å². The molecule has 0 spiro atoms. The van der Waals surface area contributed by atoms with E-state index in [1.165, 1.54) is 31.2 Å². The molecule has 1 aliphatic rings. The van der Waals surface area contributed by atoms with Gasteiger partial charge in [0.1, 0.15) is 5.82 Å². The zero-order valence-corrected chi connectivity index (χ0v) is 9.93. The van der Waals surface area contributed by atoms with Gasteiger partial charge < -0.3 is 5.32 Å². The zero-order chi connectivity index (χ0) is 11.4. The van der Waals surface area contributed by atoms with E-state index in [2.05, 4.69) is 5.32 Å². The average molecular weight is 221 g/mol. The standard InChI is InChI=1S/C14H20FN/c1-11-9-13(15)7-6-12(11)10-14-5-3-2-4-8-16-14/h6-7,9,14,16H,2-5,8,10H2,1H3. The molecule has 1 aliphatic heterocycles. The fourth-order valence-electron chi connectivity index (χ4n) is 2.43. The molecule has 1 aromatic carbocycles. The number of benzene rings is 1. The summed E-state index contributed by atoms with van der Waals surface area (Å²) in [5.74, 6) is -0.130. The van der Waals surface area contributed by atoms with E-state index >= 15 is 0 Å². The van der Waals surface area contributed by atoms with Gasteiger partial charge in [-0.1, -0.05) is 18.9 Å². The topological polar surface area (TPSA) is 12.0 Å². The molecule has 0 aliphatic carbocycles. The van der Waals surface area contributed by atoms with Gasteiger partial charge in [0.2, 0.25) is 0 Å². The van der Waals surface area contributed by atoms with Crippen molar-refractivity contribution in [3.8, 4) is 0 Å². The van der Waals surface area contributed by atoms with Gasteiger partial charge in [-0.15, -0.1) is 0 Å². The Kier molecular flexibility index (Phi) is 3.94. The Morgan fingerprint density at radius 1 is 1.31 bits per heavy atom. The Bertz CT molecular complexity index is 341. The summed E-state index contributed by atoms with van der Waals surface area (Å²) < 4.78 is 13.0. The summed E-state index contributed by atoms with van der Waals surface area (Å²) in [6, 6.07) is 5.70. The first kappa shape index (κ1) is 11.6. The molecule has 1 saturated heterocycles. The maximum atomic E-state index is 13.0. The Labute approximate surface area is 97.1 Å². The minimum atomic E-state index is -0.130. The molecule has 0 amide bonds. The lowest BCUT2D eigenvalue weighted by molar-refractivity contribution is 0.506. The molecule has 1 N–H and O–H groups in total. The van der Waals surface area contributed by atoms with Crippen molar-refractivity contribution in [3.05, 3.63) is 35.1 Å². The van der Waals surface area contributed by atoms with E-state index in [1.807, 2.05) is 13.0 Å². The monoisotopic (exact) mass is 221 g/mol. The van der Waals surface area contributed by atoms with E-state index in [0.717, 1.165) is 18.5 Å². The van der Waals surface area contributed by atoms with Crippen LogP contribution in [0.15, 0.2) is 18.2 Å². The molecule has 1 nitrogen and oxygen atoms in total. The van der Waals surface area contributed by atoms with Crippen molar-refractivity contribution in [2.24, 2.45) is 0 Å². The van der Waals surface area contributed by atoms with Crippen LogP contribution in [0.2, 0.25) is 0 Å². The van der Waals surface area contributed by atoms with Gasteiger partial charge in [0.25, 0.3) is 0 Å². The summed E-state index contributed by atoms with van der Waals surface area (Å²) in [6.45, 7) is 3.13. The average Bonchev–Trinajstić information content (AvgIpc) is 2.51. The highest BCUT2D eigenvalue weighted by atomic mass is 19.1. The van der Waals surface area contributed by atoms with Crippen molar-refractivity contribution in [1.29, 1.82) is 0 Å². The summed E-state index contributed by atoms with van der Waals surface area (Å²) in [4.78, 5) is 0. The molecule has 1 aromatic rings. The molecule has 2 heteroatoms. The Hall–Kier alpha value is -0.890. The van der Waals surface area contributed by atoms with E-state index in [1.54, 1.807) is 12.1 Å². The summed E-state index contributed by atoms with van der Waals surface area (Å²) in [5, 5.41) is 3.58. The molecular formula is C14H20FN. The molecule has 0 saturated carbocycles. The summed E-state index contributed by atoms with van der Waals surface area (Å²) in [7, 11) is 0. The fraction of sp³-hybridized carbons (Fsp3) is 0.571. The molecule has 0 aromatic heterocycles. The van der Waals surface area contributed by atoms with Crippen LogP contribution in [-0.4, -0.2) is 12.6 Å². The first-order chi connectivity index (χ1) is 7.75.